The van der Waals surface area contributed by atoms with E-state index in [9.17, 15) is 14.4 Å². The molecule has 6 nitrogen and oxygen atoms in total. The van der Waals surface area contributed by atoms with E-state index in [-0.39, 0.29) is 35.3 Å². The normalized spacial score (nSPS) is 16.8. The van der Waals surface area contributed by atoms with E-state index in [1.165, 1.54) is 16.7 Å². The highest BCUT2D eigenvalue weighted by molar-refractivity contribution is 8.04. The summed E-state index contributed by atoms with van der Waals surface area (Å²) in [7, 11) is 0. The average Bonchev–Trinajstić information content (AvgIpc) is 3.41. The Bertz CT molecular complexity index is 1080. The standard InChI is InChI=1S/C26H29N3O3S/c1-17(2)16-29-25(31)22(27-19-11-4-3-5-12-19)23(26(29)32)33-21-14-8-13-20(15-21)28-24(30)18-9-6-7-10-18/h3-5,8,11-15,17-18,27H,6-7,9-10,16H2,1-2H3,(H,28,30). The van der Waals surface area contributed by atoms with Crippen molar-refractivity contribution in [3.63, 3.8) is 0 Å². The summed E-state index contributed by atoms with van der Waals surface area (Å²) in [5, 5.41) is 6.16. The Morgan fingerprint density at radius 2 is 1.70 bits per heavy atom. The molecule has 1 saturated carbocycles. The first-order valence-electron chi connectivity index (χ1n) is 11.4. The first-order valence-corrected chi connectivity index (χ1v) is 12.3. The van der Waals surface area contributed by atoms with Gasteiger partial charge in [-0.2, -0.15) is 0 Å². The first kappa shape index (κ1) is 23.1. The summed E-state index contributed by atoms with van der Waals surface area (Å²) in [4.78, 5) is 41.3. The minimum Gasteiger partial charge on any atom is -0.350 e. The van der Waals surface area contributed by atoms with Gasteiger partial charge < -0.3 is 10.6 Å². The van der Waals surface area contributed by atoms with Crippen molar-refractivity contribution in [1.29, 1.82) is 0 Å². The number of rotatable bonds is 8. The second-order valence-electron chi connectivity index (χ2n) is 8.91. The van der Waals surface area contributed by atoms with Crippen LogP contribution in [0, 0.1) is 11.8 Å². The van der Waals surface area contributed by atoms with Gasteiger partial charge >= 0.3 is 0 Å². The second-order valence-corrected chi connectivity index (χ2v) is 9.99. The number of para-hydroxylation sites is 1. The van der Waals surface area contributed by atoms with Crippen molar-refractivity contribution in [3.05, 3.63) is 65.2 Å². The molecule has 33 heavy (non-hydrogen) atoms. The van der Waals surface area contributed by atoms with Gasteiger partial charge in [-0.05, 0) is 49.1 Å². The number of anilines is 2. The zero-order chi connectivity index (χ0) is 23.4. The fourth-order valence-corrected chi connectivity index (χ4v) is 5.15. The molecule has 1 aliphatic heterocycles. The largest absolute Gasteiger partial charge is 0.350 e. The first-order chi connectivity index (χ1) is 15.9. The van der Waals surface area contributed by atoms with E-state index in [0.717, 1.165) is 36.3 Å². The summed E-state index contributed by atoms with van der Waals surface area (Å²) in [6, 6.07) is 16.8. The molecule has 0 bridgehead atoms. The lowest BCUT2D eigenvalue weighted by molar-refractivity contribution is -0.137. The molecule has 172 valence electrons. The van der Waals surface area contributed by atoms with Gasteiger partial charge in [-0.1, -0.05) is 62.7 Å². The number of hydrogen-bond acceptors (Lipinski definition) is 5. The van der Waals surface area contributed by atoms with Crippen LogP contribution < -0.4 is 10.6 Å². The molecule has 3 amide bonds. The number of nitrogens with zero attached hydrogens (tertiary/aromatic N) is 1. The van der Waals surface area contributed by atoms with E-state index in [2.05, 4.69) is 10.6 Å². The predicted octanol–water partition coefficient (Wildman–Crippen LogP) is 5.26. The maximum absolute atomic E-state index is 13.2. The maximum Gasteiger partial charge on any atom is 0.278 e. The van der Waals surface area contributed by atoms with Crippen LogP contribution in [0.25, 0.3) is 0 Å². The second kappa shape index (κ2) is 10.3. The molecule has 1 aliphatic carbocycles. The van der Waals surface area contributed by atoms with Crippen LogP contribution in [0.5, 0.6) is 0 Å². The number of nitrogens with one attached hydrogen (secondary N) is 2. The molecular weight excluding hydrogens is 434 g/mol. The van der Waals surface area contributed by atoms with Gasteiger partial charge in [-0.25, -0.2) is 0 Å². The number of thioether (sulfide) groups is 1. The monoisotopic (exact) mass is 463 g/mol. The molecule has 1 heterocycles. The summed E-state index contributed by atoms with van der Waals surface area (Å²) >= 11 is 1.25. The van der Waals surface area contributed by atoms with Crippen molar-refractivity contribution in [2.24, 2.45) is 11.8 Å². The number of hydrogen-bond donors (Lipinski definition) is 2. The number of carbonyl (C=O) groups excluding carboxylic acids is 3. The molecular formula is C26H29N3O3S. The molecule has 2 aromatic carbocycles. The molecule has 0 atom stereocenters. The van der Waals surface area contributed by atoms with Gasteiger partial charge in [-0.3, -0.25) is 19.3 Å². The molecule has 2 aliphatic rings. The minimum absolute atomic E-state index is 0.0514. The van der Waals surface area contributed by atoms with Gasteiger partial charge in [-0.15, -0.1) is 0 Å². The van der Waals surface area contributed by atoms with Crippen LogP contribution in [0.2, 0.25) is 0 Å². The Hall–Kier alpha value is -3.06. The quantitative estimate of drug-likeness (QED) is 0.523. The Morgan fingerprint density at radius 3 is 2.39 bits per heavy atom. The number of carbonyl (C=O) groups is 3. The summed E-state index contributed by atoms with van der Waals surface area (Å²) < 4.78 is 0. The summed E-state index contributed by atoms with van der Waals surface area (Å²) in [5.74, 6) is -0.322. The highest BCUT2D eigenvalue weighted by Crippen LogP contribution is 2.37. The smallest absolute Gasteiger partial charge is 0.278 e. The molecule has 2 aromatic rings. The van der Waals surface area contributed by atoms with Crippen LogP contribution >= 0.6 is 11.8 Å². The van der Waals surface area contributed by atoms with Gasteiger partial charge in [0.2, 0.25) is 5.91 Å². The Kier molecular flexibility index (Phi) is 7.18. The predicted molar refractivity (Wildman–Crippen MR) is 132 cm³/mol. The van der Waals surface area contributed by atoms with E-state index in [1.54, 1.807) is 0 Å². The Balaban J connectivity index is 1.58. The fraction of sp³-hybridized carbons (Fsp3) is 0.346. The highest BCUT2D eigenvalue weighted by atomic mass is 32.2. The van der Waals surface area contributed by atoms with E-state index in [0.29, 0.717) is 17.1 Å². The summed E-state index contributed by atoms with van der Waals surface area (Å²) in [6.45, 7) is 4.32. The SMILES string of the molecule is CC(C)CN1C(=O)C(Nc2ccccc2)=C(Sc2cccc(NC(=O)C3CCCC3)c2)C1=O. The van der Waals surface area contributed by atoms with Crippen LogP contribution in [-0.4, -0.2) is 29.2 Å². The lowest BCUT2D eigenvalue weighted by Crippen LogP contribution is -2.35. The van der Waals surface area contributed by atoms with Crippen molar-refractivity contribution in [2.45, 2.75) is 44.4 Å². The molecule has 0 unspecified atom stereocenters. The number of imide groups is 1. The van der Waals surface area contributed by atoms with Crippen molar-refractivity contribution in [1.82, 2.24) is 4.90 Å². The van der Waals surface area contributed by atoms with E-state index < -0.39 is 0 Å². The van der Waals surface area contributed by atoms with Crippen LogP contribution in [0.15, 0.2) is 70.1 Å². The van der Waals surface area contributed by atoms with E-state index >= 15 is 0 Å². The van der Waals surface area contributed by atoms with E-state index in [1.807, 2.05) is 68.4 Å². The van der Waals surface area contributed by atoms with Crippen molar-refractivity contribution in [2.75, 3.05) is 17.2 Å². The van der Waals surface area contributed by atoms with Crippen LogP contribution in [0.4, 0.5) is 11.4 Å². The van der Waals surface area contributed by atoms with Gasteiger partial charge in [0.25, 0.3) is 11.8 Å². The van der Waals surface area contributed by atoms with Crippen molar-refractivity contribution in [3.8, 4) is 0 Å². The van der Waals surface area contributed by atoms with Crippen molar-refractivity contribution >= 4 is 40.9 Å². The molecule has 0 aromatic heterocycles. The third kappa shape index (κ3) is 5.47. The molecule has 4 rings (SSSR count). The van der Waals surface area contributed by atoms with Crippen LogP contribution in [0.1, 0.15) is 39.5 Å². The van der Waals surface area contributed by atoms with Gasteiger partial charge in [0, 0.05) is 28.7 Å². The molecule has 7 heteroatoms. The third-order valence-electron chi connectivity index (χ3n) is 5.76. The van der Waals surface area contributed by atoms with Gasteiger partial charge in [0.05, 0.1) is 0 Å². The Morgan fingerprint density at radius 1 is 1.00 bits per heavy atom. The molecule has 1 fully saturated rings. The fourth-order valence-electron chi connectivity index (χ4n) is 4.14. The lowest BCUT2D eigenvalue weighted by atomic mass is 10.1. The minimum atomic E-state index is -0.314. The number of benzene rings is 2. The van der Waals surface area contributed by atoms with Gasteiger partial charge in [0.1, 0.15) is 10.6 Å². The van der Waals surface area contributed by atoms with Gasteiger partial charge in [0.15, 0.2) is 0 Å². The van der Waals surface area contributed by atoms with Crippen LogP contribution in [0.3, 0.4) is 0 Å². The topological polar surface area (TPSA) is 78.5 Å². The third-order valence-corrected chi connectivity index (χ3v) is 6.84. The molecule has 0 saturated heterocycles. The van der Waals surface area contributed by atoms with Crippen LogP contribution in [-0.2, 0) is 14.4 Å². The summed E-state index contributed by atoms with van der Waals surface area (Å²) in [6.07, 6.45) is 4.07. The highest BCUT2D eigenvalue weighted by Gasteiger charge is 2.39. The Labute approximate surface area is 198 Å². The number of amides is 3. The van der Waals surface area contributed by atoms with E-state index in [4.69, 9.17) is 0 Å². The zero-order valence-electron chi connectivity index (χ0n) is 19.0. The van der Waals surface area contributed by atoms with Crippen molar-refractivity contribution < 1.29 is 14.4 Å². The molecule has 2 N–H and O–H groups in total. The lowest BCUT2D eigenvalue weighted by Gasteiger charge is -2.17. The molecule has 0 radical (unpaired) electrons. The summed E-state index contributed by atoms with van der Waals surface area (Å²) in [5.41, 5.74) is 1.74. The average molecular weight is 464 g/mol. The maximum atomic E-state index is 13.2. The zero-order valence-corrected chi connectivity index (χ0v) is 19.8. The molecule has 0 spiro atoms.